The highest BCUT2D eigenvalue weighted by Gasteiger charge is 2.22. The summed E-state index contributed by atoms with van der Waals surface area (Å²) in [5.74, 6) is 1.98. The molecule has 0 bridgehead atoms. The maximum atomic E-state index is 5.73. The Morgan fingerprint density at radius 3 is 2.89 bits per heavy atom. The summed E-state index contributed by atoms with van der Waals surface area (Å²) in [5, 5.41) is 0. The van der Waals surface area contributed by atoms with E-state index in [0.717, 1.165) is 30.2 Å². The van der Waals surface area contributed by atoms with E-state index < -0.39 is 0 Å². The molecule has 1 unspecified atom stereocenters. The molecule has 1 aliphatic heterocycles. The molecule has 0 aliphatic carbocycles. The minimum Gasteiger partial charge on any atom is -0.465 e. The van der Waals surface area contributed by atoms with Crippen molar-refractivity contribution >= 4 is 0 Å². The van der Waals surface area contributed by atoms with E-state index in [1.807, 2.05) is 6.92 Å². The Labute approximate surface area is 110 Å². The molecule has 2 N–H and O–H groups in total. The Morgan fingerprint density at radius 2 is 2.33 bits per heavy atom. The second-order valence-electron chi connectivity index (χ2n) is 5.47. The van der Waals surface area contributed by atoms with Crippen LogP contribution in [0, 0.1) is 6.92 Å². The summed E-state index contributed by atoms with van der Waals surface area (Å²) in [6, 6.07) is 2.78. The monoisotopic (exact) mass is 251 g/mol. The fourth-order valence-electron chi connectivity index (χ4n) is 2.77. The molecule has 1 fully saturated rings. The van der Waals surface area contributed by atoms with Gasteiger partial charge in [-0.05, 0) is 46.5 Å². The molecule has 18 heavy (non-hydrogen) atoms. The van der Waals surface area contributed by atoms with Crippen molar-refractivity contribution in [1.29, 1.82) is 0 Å². The van der Waals surface area contributed by atoms with Gasteiger partial charge < -0.3 is 15.1 Å². The highest BCUT2D eigenvalue weighted by molar-refractivity contribution is 5.20. The third-order valence-corrected chi connectivity index (χ3v) is 3.91. The quantitative estimate of drug-likeness (QED) is 0.863. The molecule has 0 saturated carbocycles. The lowest BCUT2D eigenvalue weighted by atomic mass is 10.2. The molecule has 4 nitrogen and oxygen atoms in total. The van der Waals surface area contributed by atoms with E-state index in [0.29, 0.717) is 12.6 Å². The average molecular weight is 251 g/mol. The molecule has 1 saturated heterocycles. The molecule has 2 rings (SSSR count). The van der Waals surface area contributed by atoms with Gasteiger partial charge in [-0.15, -0.1) is 0 Å². The van der Waals surface area contributed by atoms with Gasteiger partial charge in [0, 0.05) is 24.7 Å². The number of likely N-dealkylation sites (tertiary alicyclic amines) is 1. The number of nitrogens with zero attached hydrogens (tertiary/aromatic N) is 2. The number of nitrogens with two attached hydrogens (primary N) is 1. The van der Waals surface area contributed by atoms with Gasteiger partial charge in [0.1, 0.15) is 11.5 Å². The number of likely N-dealkylation sites (N-methyl/N-ethyl adjacent to an activating group) is 2. The first-order valence-electron chi connectivity index (χ1n) is 6.77. The molecule has 0 aromatic carbocycles. The van der Waals surface area contributed by atoms with Crippen molar-refractivity contribution in [2.45, 2.75) is 38.9 Å². The lowest BCUT2D eigenvalue weighted by Gasteiger charge is -2.25. The van der Waals surface area contributed by atoms with Crippen LogP contribution in [0.15, 0.2) is 10.5 Å². The van der Waals surface area contributed by atoms with Gasteiger partial charge in [0.2, 0.25) is 0 Å². The molecule has 1 aromatic heterocycles. The molecule has 102 valence electrons. The van der Waals surface area contributed by atoms with E-state index >= 15 is 0 Å². The Morgan fingerprint density at radius 1 is 1.56 bits per heavy atom. The second-order valence-corrected chi connectivity index (χ2v) is 5.47. The summed E-state index contributed by atoms with van der Waals surface area (Å²) in [6.07, 6.45) is 2.64. The van der Waals surface area contributed by atoms with Crippen LogP contribution in [-0.2, 0) is 13.1 Å². The highest BCUT2D eigenvalue weighted by atomic mass is 16.3. The smallest absolute Gasteiger partial charge is 0.118 e. The predicted octanol–water partition coefficient (Wildman–Crippen LogP) is 1.57. The van der Waals surface area contributed by atoms with E-state index in [2.05, 4.69) is 30.0 Å². The zero-order chi connectivity index (χ0) is 13.1. The summed E-state index contributed by atoms with van der Waals surface area (Å²) < 4.78 is 5.73. The van der Waals surface area contributed by atoms with E-state index in [1.165, 1.54) is 19.4 Å². The standard InChI is InChI=1S/C14H25N3O/c1-11-12(8-15)7-14(18-11)10-16(2)9-13-5-4-6-17(13)3/h7,13H,4-6,8-10,15H2,1-3H3. The zero-order valence-corrected chi connectivity index (χ0v) is 11.8. The minimum atomic E-state index is 0.560. The van der Waals surface area contributed by atoms with Gasteiger partial charge in [0.05, 0.1) is 6.54 Å². The van der Waals surface area contributed by atoms with Gasteiger partial charge in [0.15, 0.2) is 0 Å². The SMILES string of the molecule is Cc1oc(CN(C)CC2CCCN2C)cc1CN. The van der Waals surface area contributed by atoms with Gasteiger partial charge in [0.25, 0.3) is 0 Å². The van der Waals surface area contributed by atoms with E-state index in [1.54, 1.807) is 0 Å². The number of rotatable bonds is 5. The van der Waals surface area contributed by atoms with Crippen molar-refractivity contribution < 1.29 is 4.42 Å². The third kappa shape index (κ3) is 3.13. The van der Waals surface area contributed by atoms with Crippen LogP contribution in [-0.4, -0.2) is 43.0 Å². The lowest BCUT2D eigenvalue weighted by Crippen LogP contribution is -2.36. The summed E-state index contributed by atoms with van der Waals surface area (Å²) in [4.78, 5) is 4.79. The Balaban J connectivity index is 1.88. The minimum absolute atomic E-state index is 0.560. The Hall–Kier alpha value is -0.840. The topological polar surface area (TPSA) is 45.6 Å². The molecule has 0 spiro atoms. The maximum Gasteiger partial charge on any atom is 0.118 e. The van der Waals surface area contributed by atoms with Gasteiger partial charge >= 0.3 is 0 Å². The van der Waals surface area contributed by atoms with E-state index in [-0.39, 0.29) is 0 Å². The van der Waals surface area contributed by atoms with Crippen molar-refractivity contribution in [1.82, 2.24) is 9.80 Å². The van der Waals surface area contributed by atoms with Crippen LogP contribution in [0.3, 0.4) is 0 Å². The maximum absolute atomic E-state index is 5.73. The summed E-state index contributed by atoms with van der Waals surface area (Å²) in [5.41, 5.74) is 6.79. The van der Waals surface area contributed by atoms with Crippen LogP contribution in [0.4, 0.5) is 0 Å². The Bertz CT molecular complexity index is 388. The summed E-state index contributed by atoms with van der Waals surface area (Å²) in [6.45, 7) is 5.75. The zero-order valence-electron chi connectivity index (χ0n) is 11.8. The molecule has 0 amide bonds. The molecule has 1 aromatic rings. The number of hydrogen-bond donors (Lipinski definition) is 1. The first-order chi connectivity index (χ1) is 8.60. The van der Waals surface area contributed by atoms with Crippen LogP contribution >= 0.6 is 0 Å². The van der Waals surface area contributed by atoms with Gasteiger partial charge in [-0.3, -0.25) is 4.90 Å². The van der Waals surface area contributed by atoms with Crippen LogP contribution < -0.4 is 5.73 Å². The van der Waals surface area contributed by atoms with Crippen molar-refractivity contribution in [2.24, 2.45) is 5.73 Å². The molecule has 0 radical (unpaired) electrons. The second kappa shape index (κ2) is 5.87. The summed E-state index contributed by atoms with van der Waals surface area (Å²) >= 11 is 0. The van der Waals surface area contributed by atoms with Crippen LogP contribution in [0.1, 0.15) is 29.9 Å². The molecular formula is C14H25N3O. The van der Waals surface area contributed by atoms with E-state index in [9.17, 15) is 0 Å². The van der Waals surface area contributed by atoms with Crippen LogP contribution in [0.2, 0.25) is 0 Å². The lowest BCUT2D eigenvalue weighted by molar-refractivity contribution is 0.205. The fraction of sp³-hybridized carbons (Fsp3) is 0.714. The highest BCUT2D eigenvalue weighted by Crippen LogP contribution is 2.18. The number of hydrogen-bond acceptors (Lipinski definition) is 4. The molecule has 4 heteroatoms. The normalized spacial score (nSPS) is 21.1. The fourth-order valence-corrected chi connectivity index (χ4v) is 2.77. The molecular weight excluding hydrogens is 226 g/mol. The van der Waals surface area contributed by atoms with Gasteiger partial charge in [-0.1, -0.05) is 0 Å². The average Bonchev–Trinajstić information content (AvgIpc) is 2.86. The molecule has 2 heterocycles. The number of furan rings is 1. The first kappa shape index (κ1) is 13.6. The van der Waals surface area contributed by atoms with Crippen LogP contribution in [0.5, 0.6) is 0 Å². The third-order valence-electron chi connectivity index (χ3n) is 3.91. The van der Waals surface area contributed by atoms with Crippen molar-refractivity contribution in [3.8, 4) is 0 Å². The van der Waals surface area contributed by atoms with Crippen LogP contribution in [0.25, 0.3) is 0 Å². The van der Waals surface area contributed by atoms with Crippen molar-refractivity contribution in [3.05, 3.63) is 23.2 Å². The molecule has 1 aliphatic rings. The van der Waals surface area contributed by atoms with E-state index in [4.69, 9.17) is 10.2 Å². The first-order valence-corrected chi connectivity index (χ1v) is 6.77. The van der Waals surface area contributed by atoms with Gasteiger partial charge in [-0.25, -0.2) is 0 Å². The van der Waals surface area contributed by atoms with Gasteiger partial charge in [-0.2, -0.15) is 0 Å². The summed E-state index contributed by atoms with van der Waals surface area (Å²) in [7, 11) is 4.38. The van der Waals surface area contributed by atoms with Crippen molar-refractivity contribution in [2.75, 3.05) is 27.2 Å². The predicted molar refractivity (Wildman–Crippen MR) is 73.3 cm³/mol. The largest absolute Gasteiger partial charge is 0.465 e. The number of aryl methyl sites for hydroxylation is 1. The Kier molecular flexibility index (Phi) is 4.43. The molecule has 1 atom stereocenters. The van der Waals surface area contributed by atoms with Crippen molar-refractivity contribution in [3.63, 3.8) is 0 Å².